The second-order valence-corrected chi connectivity index (χ2v) is 14.8. The quantitative estimate of drug-likeness (QED) is 0.0182. The van der Waals surface area contributed by atoms with Crippen LogP contribution in [0, 0.1) is 0 Å². The molecule has 0 saturated carbocycles. The zero-order valence-electron chi connectivity index (χ0n) is 33.5. The number of carbonyl (C=O) groups is 2. The first-order valence-corrected chi connectivity index (χ1v) is 22.0. The van der Waals surface area contributed by atoms with Crippen LogP contribution < -0.4 is 5.73 Å². The van der Waals surface area contributed by atoms with E-state index in [9.17, 15) is 24.2 Å². The molecule has 0 radical (unpaired) electrons. The Labute approximate surface area is 327 Å². The van der Waals surface area contributed by atoms with E-state index in [1.165, 1.54) is 57.8 Å². The van der Waals surface area contributed by atoms with Crippen molar-refractivity contribution in [2.45, 2.75) is 161 Å². The lowest BCUT2D eigenvalue weighted by Crippen LogP contribution is -2.29. The third-order valence-electron chi connectivity index (χ3n) is 8.20. The van der Waals surface area contributed by atoms with Crippen molar-refractivity contribution in [3.05, 3.63) is 72.9 Å². The predicted molar refractivity (Wildman–Crippen MR) is 221 cm³/mol. The maximum atomic E-state index is 12.5. The average Bonchev–Trinajstić information content (AvgIpc) is 3.15. The number of aliphatic hydroxyl groups excluding tert-OH is 1. The van der Waals surface area contributed by atoms with Gasteiger partial charge in [-0.15, -0.1) is 0 Å². The highest BCUT2D eigenvalue weighted by Crippen LogP contribution is 2.43. The molecule has 0 spiro atoms. The van der Waals surface area contributed by atoms with Gasteiger partial charge in [0.05, 0.1) is 19.3 Å². The maximum Gasteiger partial charge on any atom is 0.472 e. The molecular weight excluding hydrogens is 705 g/mol. The summed E-state index contributed by atoms with van der Waals surface area (Å²) < 4.78 is 32.6. The topological polar surface area (TPSA) is 155 Å². The van der Waals surface area contributed by atoms with Gasteiger partial charge >= 0.3 is 19.8 Å². The van der Waals surface area contributed by atoms with Crippen molar-refractivity contribution in [2.75, 3.05) is 26.4 Å². The second-order valence-electron chi connectivity index (χ2n) is 13.3. The Kier molecular flexibility index (Phi) is 36.8. The molecule has 4 N–H and O–H groups in total. The fourth-order valence-electron chi connectivity index (χ4n) is 5.16. The minimum Gasteiger partial charge on any atom is -0.462 e. The molecule has 54 heavy (non-hydrogen) atoms. The zero-order valence-corrected chi connectivity index (χ0v) is 34.4. The Bertz CT molecular complexity index is 1130. The number of ether oxygens (including phenoxy) is 2. The summed E-state index contributed by atoms with van der Waals surface area (Å²) in [4.78, 5) is 34.8. The summed E-state index contributed by atoms with van der Waals surface area (Å²) in [6.07, 6.45) is 42.5. The van der Waals surface area contributed by atoms with Crippen LogP contribution in [-0.4, -0.2) is 60.5 Å². The minimum atomic E-state index is -4.41. The number of hydrogen-bond acceptors (Lipinski definition) is 9. The largest absolute Gasteiger partial charge is 0.472 e. The number of unbranched alkanes of at least 4 members (excludes halogenated alkanes) is 12. The molecule has 0 amide bonds. The van der Waals surface area contributed by atoms with Crippen LogP contribution in [0.2, 0.25) is 0 Å². The average molecular weight is 780 g/mol. The molecule has 10 nitrogen and oxygen atoms in total. The molecule has 0 aliphatic carbocycles. The maximum absolute atomic E-state index is 12.5. The Morgan fingerprint density at radius 1 is 0.667 bits per heavy atom. The van der Waals surface area contributed by atoms with Gasteiger partial charge in [0.15, 0.2) is 6.10 Å². The van der Waals surface area contributed by atoms with Crippen molar-refractivity contribution in [3.8, 4) is 0 Å². The molecule has 0 aromatic heterocycles. The summed E-state index contributed by atoms with van der Waals surface area (Å²) in [5.74, 6) is -0.979. The van der Waals surface area contributed by atoms with Gasteiger partial charge < -0.3 is 25.2 Å². The number of nitrogens with two attached hydrogens (primary N) is 1. The lowest BCUT2D eigenvalue weighted by molar-refractivity contribution is -0.161. The van der Waals surface area contributed by atoms with Crippen molar-refractivity contribution < 1.29 is 42.7 Å². The zero-order chi connectivity index (χ0) is 39.8. The summed E-state index contributed by atoms with van der Waals surface area (Å²) in [6.45, 7) is 3.42. The number of hydrogen-bond donors (Lipinski definition) is 3. The third-order valence-corrected chi connectivity index (χ3v) is 9.18. The van der Waals surface area contributed by atoms with Gasteiger partial charge in [0.25, 0.3) is 0 Å². The first-order chi connectivity index (χ1) is 26.2. The van der Waals surface area contributed by atoms with E-state index in [1.54, 1.807) is 6.08 Å². The smallest absolute Gasteiger partial charge is 0.462 e. The standard InChI is InChI=1S/C43H74NO9P/c1-3-5-7-9-11-13-15-16-17-19-21-26-30-34-42(46)50-38-41(39-52-54(48,49)51-37-36-44)53-43(47)35-31-27-23-22-25-29-33-40(45)32-28-24-20-18-14-12-10-8-6-4-2/h6,8,12,14,20,23-25,27-29,32,40-41,45H,3-5,7,9-11,13,15-19,21-22,26,30-31,33-39,44H2,1-2H3,(H,48,49). The molecule has 0 rings (SSSR count). The summed E-state index contributed by atoms with van der Waals surface area (Å²) in [5, 5.41) is 10.1. The van der Waals surface area contributed by atoms with E-state index in [0.29, 0.717) is 25.7 Å². The van der Waals surface area contributed by atoms with E-state index in [2.05, 4.69) is 38.2 Å². The normalized spacial score (nSPS) is 14.7. The summed E-state index contributed by atoms with van der Waals surface area (Å²) in [7, 11) is -4.41. The number of phosphoric ester groups is 1. The van der Waals surface area contributed by atoms with Crippen molar-refractivity contribution in [2.24, 2.45) is 5.73 Å². The number of esters is 2. The lowest BCUT2D eigenvalue weighted by Gasteiger charge is -2.19. The van der Waals surface area contributed by atoms with Gasteiger partial charge in [-0.1, -0.05) is 164 Å². The van der Waals surface area contributed by atoms with Crippen molar-refractivity contribution in [1.82, 2.24) is 0 Å². The van der Waals surface area contributed by atoms with E-state index in [4.69, 9.17) is 24.3 Å². The van der Waals surface area contributed by atoms with Gasteiger partial charge in [-0.3, -0.25) is 18.6 Å². The molecule has 0 aromatic carbocycles. The number of phosphoric acid groups is 1. The summed E-state index contributed by atoms with van der Waals surface area (Å²) >= 11 is 0. The second kappa shape index (κ2) is 38.7. The Balaban J connectivity index is 4.41. The van der Waals surface area contributed by atoms with Crippen LogP contribution in [0.15, 0.2) is 72.9 Å². The van der Waals surface area contributed by atoms with Gasteiger partial charge in [0, 0.05) is 19.4 Å². The number of rotatable bonds is 37. The van der Waals surface area contributed by atoms with E-state index in [1.807, 2.05) is 42.5 Å². The molecule has 310 valence electrons. The Morgan fingerprint density at radius 2 is 1.24 bits per heavy atom. The minimum absolute atomic E-state index is 0.0278. The number of carbonyl (C=O) groups excluding carboxylic acids is 2. The molecule has 0 saturated heterocycles. The van der Waals surface area contributed by atoms with Gasteiger partial charge in [-0.2, -0.15) is 0 Å². The molecular formula is C43H74NO9P. The predicted octanol–water partition coefficient (Wildman–Crippen LogP) is 10.5. The number of aliphatic hydroxyl groups is 1. The van der Waals surface area contributed by atoms with Gasteiger partial charge in [-0.05, 0) is 44.9 Å². The van der Waals surface area contributed by atoms with Gasteiger partial charge in [-0.25, -0.2) is 4.57 Å². The molecule has 0 aromatic rings. The highest BCUT2D eigenvalue weighted by molar-refractivity contribution is 7.47. The third kappa shape index (κ3) is 37.7. The Morgan fingerprint density at radius 3 is 1.87 bits per heavy atom. The highest BCUT2D eigenvalue weighted by atomic mass is 31.2. The molecule has 11 heteroatoms. The SMILES string of the molecule is CCC=CCC=CCC=CC=CC(O)CC=CCC=CCCC(=O)OC(COC(=O)CCCCCCCCCCCCCCC)COP(=O)(O)OCCN. The van der Waals surface area contributed by atoms with Crippen molar-refractivity contribution in [3.63, 3.8) is 0 Å². The molecule has 0 aliphatic rings. The van der Waals surface area contributed by atoms with Gasteiger partial charge in [0.1, 0.15) is 6.61 Å². The summed E-state index contributed by atoms with van der Waals surface area (Å²) in [6, 6.07) is 0. The highest BCUT2D eigenvalue weighted by Gasteiger charge is 2.25. The van der Waals surface area contributed by atoms with E-state index < -0.39 is 38.6 Å². The molecule has 3 unspecified atom stereocenters. The molecule has 3 atom stereocenters. The first kappa shape index (κ1) is 51.4. The van der Waals surface area contributed by atoms with E-state index >= 15 is 0 Å². The lowest BCUT2D eigenvalue weighted by atomic mass is 10.0. The number of allylic oxidation sites excluding steroid dienone is 10. The van der Waals surface area contributed by atoms with Crippen LogP contribution in [0.25, 0.3) is 0 Å². The van der Waals surface area contributed by atoms with Crippen LogP contribution in [0.1, 0.15) is 149 Å². The molecule has 0 fully saturated rings. The monoisotopic (exact) mass is 780 g/mol. The summed E-state index contributed by atoms with van der Waals surface area (Å²) in [5.41, 5.74) is 5.33. The van der Waals surface area contributed by atoms with E-state index in [-0.39, 0.29) is 32.6 Å². The first-order valence-electron chi connectivity index (χ1n) is 20.5. The van der Waals surface area contributed by atoms with Crippen LogP contribution >= 0.6 is 7.82 Å². The van der Waals surface area contributed by atoms with Crippen molar-refractivity contribution >= 4 is 19.8 Å². The van der Waals surface area contributed by atoms with Gasteiger partial charge in [0.2, 0.25) is 0 Å². The van der Waals surface area contributed by atoms with Crippen LogP contribution in [0.3, 0.4) is 0 Å². The Hall–Kier alpha value is -2.59. The fourth-order valence-corrected chi connectivity index (χ4v) is 5.92. The molecule has 0 bridgehead atoms. The van der Waals surface area contributed by atoms with Crippen LogP contribution in [-0.2, 0) is 32.7 Å². The van der Waals surface area contributed by atoms with E-state index in [0.717, 1.165) is 38.5 Å². The molecule has 0 heterocycles. The van der Waals surface area contributed by atoms with Crippen molar-refractivity contribution in [1.29, 1.82) is 0 Å². The van der Waals surface area contributed by atoms with Crippen LogP contribution in [0.4, 0.5) is 0 Å². The molecule has 0 aliphatic heterocycles. The fraction of sp³-hybridized carbons (Fsp3) is 0.674. The van der Waals surface area contributed by atoms with Crippen LogP contribution in [0.5, 0.6) is 0 Å².